The van der Waals surface area contributed by atoms with Crippen LogP contribution in [0.25, 0.3) is 10.8 Å². The van der Waals surface area contributed by atoms with Crippen molar-refractivity contribution in [1.29, 1.82) is 0 Å². The molecular formula is C12H6O5. The maximum absolute atomic E-state index is 11.2. The Morgan fingerprint density at radius 2 is 1.12 bits per heavy atom. The fourth-order valence-corrected chi connectivity index (χ4v) is 1.63. The summed E-state index contributed by atoms with van der Waals surface area (Å²) in [6.45, 7) is 0. The quantitative estimate of drug-likeness (QED) is 0.395. The van der Waals surface area contributed by atoms with E-state index in [1.54, 1.807) is 36.4 Å². The summed E-state index contributed by atoms with van der Waals surface area (Å²) in [6.07, 6.45) is -2.23. The van der Waals surface area contributed by atoms with Crippen LogP contribution in [0.3, 0.4) is 0 Å². The molecule has 2 aromatic rings. The molecule has 5 nitrogen and oxygen atoms in total. The summed E-state index contributed by atoms with van der Waals surface area (Å²) in [4.78, 5) is 22.3. The van der Waals surface area contributed by atoms with Crippen LogP contribution in [0.5, 0.6) is 11.5 Å². The predicted octanol–water partition coefficient (Wildman–Crippen LogP) is 2.87. The molecule has 2 aromatic carbocycles. The van der Waals surface area contributed by atoms with Crippen LogP contribution in [0.4, 0.5) is 9.59 Å². The minimum atomic E-state index is -1.11. The van der Waals surface area contributed by atoms with Crippen LogP contribution < -0.4 is 9.47 Å². The Morgan fingerprint density at radius 3 is 1.59 bits per heavy atom. The molecule has 0 unspecified atom stereocenters. The van der Waals surface area contributed by atoms with Gasteiger partial charge in [0.25, 0.3) is 0 Å². The Bertz CT molecular complexity index is 577. The standard InChI is InChI=1S/C12H6O5/c13-11-15-9-3-1-7-5-10(16-12(14)17-11)4-2-8(7)6-9/h1-6H. The first-order valence-corrected chi connectivity index (χ1v) is 4.86. The van der Waals surface area contributed by atoms with E-state index in [-0.39, 0.29) is 0 Å². The zero-order valence-electron chi connectivity index (χ0n) is 8.51. The van der Waals surface area contributed by atoms with Crippen LogP contribution in [0.2, 0.25) is 0 Å². The number of ether oxygens (including phenoxy) is 3. The molecule has 5 heteroatoms. The van der Waals surface area contributed by atoms with Gasteiger partial charge in [-0.1, -0.05) is 12.1 Å². The van der Waals surface area contributed by atoms with Crippen LogP contribution >= 0.6 is 0 Å². The first-order chi connectivity index (χ1) is 8.20. The highest BCUT2D eigenvalue weighted by Crippen LogP contribution is 2.26. The second-order valence-corrected chi connectivity index (χ2v) is 3.48. The molecule has 0 atom stereocenters. The number of hydrogen-bond acceptors (Lipinski definition) is 5. The molecule has 0 amide bonds. The zero-order chi connectivity index (χ0) is 11.8. The highest BCUT2D eigenvalue weighted by molar-refractivity contribution is 5.88. The Balaban J connectivity index is 2.21. The van der Waals surface area contributed by atoms with Crippen LogP contribution in [-0.2, 0) is 4.74 Å². The summed E-state index contributed by atoms with van der Waals surface area (Å²) < 4.78 is 13.9. The van der Waals surface area contributed by atoms with E-state index in [1.165, 1.54) is 0 Å². The Hall–Kier alpha value is -2.56. The van der Waals surface area contributed by atoms with Crippen LogP contribution in [0, 0.1) is 0 Å². The molecule has 0 aliphatic carbocycles. The van der Waals surface area contributed by atoms with Gasteiger partial charge < -0.3 is 14.2 Å². The van der Waals surface area contributed by atoms with Crippen molar-refractivity contribution in [3.05, 3.63) is 36.4 Å². The fraction of sp³-hybridized carbons (Fsp3) is 0. The number of fused-ring (bicyclic) bond motifs is 2. The highest BCUT2D eigenvalue weighted by atomic mass is 16.8. The van der Waals surface area contributed by atoms with Gasteiger partial charge in [-0.15, -0.1) is 0 Å². The van der Waals surface area contributed by atoms with E-state index in [0.717, 1.165) is 10.8 Å². The van der Waals surface area contributed by atoms with Gasteiger partial charge in [-0.05, 0) is 35.0 Å². The second kappa shape index (κ2) is 3.48. The van der Waals surface area contributed by atoms with Crippen molar-refractivity contribution in [2.45, 2.75) is 0 Å². The van der Waals surface area contributed by atoms with Gasteiger partial charge in [0, 0.05) is 0 Å². The molecule has 0 saturated carbocycles. The third-order valence-electron chi connectivity index (χ3n) is 2.35. The van der Waals surface area contributed by atoms with Gasteiger partial charge in [0.1, 0.15) is 11.5 Å². The van der Waals surface area contributed by atoms with Crippen molar-refractivity contribution < 1.29 is 23.8 Å². The van der Waals surface area contributed by atoms with Crippen molar-refractivity contribution in [2.75, 3.05) is 0 Å². The lowest BCUT2D eigenvalue weighted by atomic mass is 10.1. The molecule has 0 fully saturated rings. The number of benzene rings is 2. The topological polar surface area (TPSA) is 61.8 Å². The van der Waals surface area contributed by atoms with E-state index in [9.17, 15) is 9.59 Å². The number of carbonyl (C=O) groups excluding carboxylic acids is 2. The van der Waals surface area contributed by atoms with E-state index in [0.29, 0.717) is 11.5 Å². The van der Waals surface area contributed by atoms with E-state index in [4.69, 9.17) is 9.47 Å². The van der Waals surface area contributed by atoms with Gasteiger partial charge in [0.15, 0.2) is 0 Å². The third kappa shape index (κ3) is 1.78. The average molecular weight is 230 g/mol. The second-order valence-electron chi connectivity index (χ2n) is 3.48. The van der Waals surface area contributed by atoms with Crippen molar-refractivity contribution >= 4 is 23.1 Å². The molecule has 17 heavy (non-hydrogen) atoms. The molecular weight excluding hydrogens is 224 g/mol. The fourth-order valence-electron chi connectivity index (χ4n) is 1.63. The molecule has 84 valence electrons. The molecule has 5 rings (SSSR count). The van der Waals surface area contributed by atoms with Crippen LogP contribution in [-0.4, -0.2) is 12.3 Å². The zero-order valence-corrected chi connectivity index (χ0v) is 8.51. The van der Waals surface area contributed by atoms with Gasteiger partial charge in [-0.3, -0.25) is 0 Å². The number of rotatable bonds is 0. The van der Waals surface area contributed by atoms with Gasteiger partial charge >= 0.3 is 12.3 Å². The molecule has 3 heterocycles. The number of hydrogen-bond donors (Lipinski definition) is 0. The molecule has 3 aliphatic heterocycles. The molecule has 3 aliphatic rings. The lowest BCUT2D eigenvalue weighted by Gasteiger charge is -2.02. The predicted molar refractivity (Wildman–Crippen MR) is 57.1 cm³/mol. The summed E-state index contributed by atoms with van der Waals surface area (Å²) in [6, 6.07) is 10.1. The highest BCUT2D eigenvalue weighted by Gasteiger charge is 2.17. The largest absolute Gasteiger partial charge is 0.524 e. The first kappa shape index (κ1) is 9.65. The van der Waals surface area contributed by atoms with Crippen molar-refractivity contribution in [3.63, 3.8) is 0 Å². The minimum Gasteiger partial charge on any atom is -0.395 e. The Kier molecular flexibility index (Phi) is 1.98. The summed E-state index contributed by atoms with van der Waals surface area (Å²) in [7, 11) is 0. The lowest BCUT2D eigenvalue weighted by molar-refractivity contribution is 0.0898. The number of carbonyl (C=O) groups is 2. The molecule has 0 aromatic heterocycles. The molecule has 0 radical (unpaired) electrons. The molecule has 4 bridgehead atoms. The summed E-state index contributed by atoms with van der Waals surface area (Å²) in [5.74, 6) is 0.620. The van der Waals surface area contributed by atoms with Gasteiger partial charge in [-0.2, -0.15) is 0 Å². The molecule has 0 N–H and O–H groups in total. The maximum Gasteiger partial charge on any atom is 0.524 e. The van der Waals surface area contributed by atoms with Crippen molar-refractivity contribution in [2.24, 2.45) is 0 Å². The average Bonchev–Trinajstić information content (AvgIpc) is 2.32. The molecule has 0 saturated heterocycles. The summed E-state index contributed by atoms with van der Waals surface area (Å²) >= 11 is 0. The lowest BCUT2D eigenvalue weighted by Crippen LogP contribution is -2.18. The Morgan fingerprint density at radius 1 is 0.647 bits per heavy atom. The van der Waals surface area contributed by atoms with Crippen molar-refractivity contribution in [1.82, 2.24) is 0 Å². The molecule has 0 spiro atoms. The summed E-state index contributed by atoms with van der Waals surface area (Å²) in [5.41, 5.74) is 0. The van der Waals surface area contributed by atoms with Crippen LogP contribution in [0.1, 0.15) is 0 Å². The monoisotopic (exact) mass is 230 g/mol. The maximum atomic E-state index is 11.2. The smallest absolute Gasteiger partial charge is 0.395 e. The summed E-state index contributed by atoms with van der Waals surface area (Å²) in [5, 5.41) is 1.74. The van der Waals surface area contributed by atoms with Gasteiger partial charge in [0.05, 0.1) is 0 Å². The normalized spacial score (nSPS) is 14.4. The van der Waals surface area contributed by atoms with E-state index in [2.05, 4.69) is 4.74 Å². The first-order valence-electron chi connectivity index (χ1n) is 4.86. The van der Waals surface area contributed by atoms with Crippen molar-refractivity contribution in [3.8, 4) is 11.5 Å². The van der Waals surface area contributed by atoms with E-state index in [1.807, 2.05) is 0 Å². The third-order valence-corrected chi connectivity index (χ3v) is 2.35. The van der Waals surface area contributed by atoms with Gasteiger partial charge in [0.2, 0.25) is 0 Å². The van der Waals surface area contributed by atoms with Crippen LogP contribution in [0.15, 0.2) is 36.4 Å². The SMILES string of the molecule is O=C1OC(=O)Oc2ccc3cc(ccc3c2)O1. The van der Waals surface area contributed by atoms with E-state index < -0.39 is 12.3 Å². The Labute approximate surface area is 95.5 Å². The minimum absolute atomic E-state index is 0.310. The van der Waals surface area contributed by atoms with E-state index >= 15 is 0 Å². The van der Waals surface area contributed by atoms with Gasteiger partial charge in [-0.25, -0.2) is 9.59 Å².